The molecule has 0 amide bonds. The molecule has 3 aliphatic rings. The number of benzene rings is 1. The van der Waals surface area contributed by atoms with E-state index in [9.17, 15) is 4.79 Å². The molecule has 3 fully saturated rings. The Labute approximate surface area is 230 Å². The van der Waals surface area contributed by atoms with Gasteiger partial charge < -0.3 is 23.4 Å². The van der Waals surface area contributed by atoms with Crippen LogP contribution >= 0.6 is 23.2 Å². The second-order valence-electron chi connectivity index (χ2n) is 10.4. The lowest BCUT2D eigenvalue weighted by Gasteiger charge is -2.30. The zero-order valence-electron chi connectivity index (χ0n) is 21.2. The van der Waals surface area contributed by atoms with Gasteiger partial charge in [0, 0.05) is 36.1 Å². The standard InChI is InChI=1S/C27H30Cl2N4O5/c1-35-26(34)17-8-7-16(13-17)25-30-27(32-38-25)33-11-9-18(10-12-33)36-14-19-23(31-37-24(19)15-5-6-15)22-20(28)3-2-4-21(22)29/h2-4,15-18H,5-14H2,1H3/t16-,17-/m1/s1. The van der Waals surface area contributed by atoms with E-state index in [-0.39, 0.29) is 23.9 Å². The van der Waals surface area contributed by atoms with Gasteiger partial charge in [-0.3, -0.25) is 4.79 Å². The number of carbonyl (C=O) groups excluding carboxylic acids is 1. The summed E-state index contributed by atoms with van der Waals surface area (Å²) in [5.41, 5.74) is 2.29. The van der Waals surface area contributed by atoms with Crippen molar-refractivity contribution in [2.45, 2.75) is 69.5 Å². The molecule has 0 radical (unpaired) electrons. The molecule has 2 aromatic heterocycles. The minimum Gasteiger partial charge on any atom is -0.469 e. The number of piperidine rings is 1. The summed E-state index contributed by atoms with van der Waals surface area (Å²) in [5, 5.41) is 9.66. The molecule has 2 saturated carbocycles. The summed E-state index contributed by atoms with van der Waals surface area (Å²) < 4.78 is 22.6. The summed E-state index contributed by atoms with van der Waals surface area (Å²) in [4.78, 5) is 18.6. The van der Waals surface area contributed by atoms with Crippen molar-refractivity contribution in [3.63, 3.8) is 0 Å². The van der Waals surface area contributed by atoms with Gasteiger partial charge in [0.2, 0.25) is 5.89 Å². The average Bonchev–Trinajstić information content (AvgIpc) is 3.31. The molecule has 38 heavy (non-hydrogen) atoms. The molecule has 2 aliphatic carbocycles. The van der Waals surface area contributed by atoms with Crippen LogP contribution in [0.2, 0.25) is 10.0 Å². The monoisotopic (exact) mass is 560 g/mol. The Morgan fingerprint density at radius 1 is 1.03 bits per heavy atom. The van der Waals surface area contributed by atoms with Gasteiger partial charge in [-0.15, -0.1) is 0 Å². The van der Waals surface area contributed by atoms with Gasteiger partial charge in [-0.25, -0.2) is 0 Å². The molecule has 1 aromatic carbocycles. The molecule has 0 unspecified atom stereocenters. The molecular weight excluding hydrogens is 531 g/mol. The number of hydrogen-bond donors (Lipinski definition) is 0. The van der Waals surface area contributed by atoms with E-state index in [1.807, 2.05) is 18.2 Å². The molecule has 1 saturated heterocycles. The van der Waals surface area contributed by atoms with E-state index in [0.29, 0.717) is 52.1 Å². The Balaban J connectivity index is 1.07. The highest BCUT2D eigenvalue weighted by Gasteiger charge is 2.36. The Morgan fingerprint density at radius 3 is 2.47 bits per heavy atom. The molecule has 3 heterocycles. The van der Waals surface area contributed by atoms with E-state index in [4.69, 9.17) is 41.7 Å². The van der Waals surface area contributed by atoms with Gasteiger partial charge in [-0.2, -0.15) is 4.98 Å². The number of rotatable bonds is 8. The number of halogens is 2. The first-order valence-corrected chi connectivity index (χ1v) is 14.0. The third-order valence-corrected chi connectivity index (χ3v) is 8.53. The van der Waals surface area contributed by atoms with E-state index < -0.39 is 0 Å². The van der Waals surface area contributed by atoms with Gasteiger partial charge in [0.05, 0.1) is 35.8 Å². The molecule has 0 N–H and O–H groups in total. The number of carbonyl (C=O) groups is 1. The number of ether oxygens (including phenoxy) is 2. The maximum Gasteiger partial charge on any atom is 0.308 e. The Morgan fingerprint density at radius 2 is 1.76 bits per heavy atom. The predicted molar refractivity (Wildman–Crippen MR) is 140 cm³/mol. The van der Waals surface area contributed by atoms with Crippen molar-refractivity contribution in [3.8, 4) is 11.3 Å². The fourth-order valence-corrected chi connectivity index (χ4v) is 6.16. The average molecular weight is 561 g/mol. The molecule has 1 aliphatic heterocycles. The normalized spacial score (nSPS) is 22.2. The van der Waals surface area contributed by atoms with Crippen LogP contribution in [0.25, 0.3) is 11.3 Å². The highest BCUT2D eigenvalue weighted by molar-refractivity contribution is 6.39. The number of aromatic nitrogens is 3. The van der Waals surface area contributed by atoms with E-state index in [1.54, 1.807) is 0 Å². The molecule has 11 heteroatoms. The maximum absolute atomic E-state index is 11.8. The van der Waals surface area contributed by atoms with Crippen LogP contribution in [-0.2, 0) is 20.9 Å². The molecule has 3 aromatic rings. The first-order valence-electron chi connectivity index (χ1n) is 13.2. The molecule has 0 spiro atoms. The van der Waals surface area contributed by atoms with E-state index in [2.05, 4.69) is 20.2 Å². The third kappa shape index (κ3) is 5.16. The summed E-state index contributed by atoms with van der Waals surface area (Å²) in [6.07, 6.45) is 6.28. The fraction of sp³-hybridized carbons (Fsp3) is 0.556. The molecular formula is C27H30Cl2N4O5. The van der Waals surface area contributed by atoms with Crippen LogP contribution in [0.3, 0.4) is 0 Å². The van der Waals surface area contributed by atoms with Crippen molar-refractivity contribution in [2.24, 2.45) is 5.92 Å². The Kier molecular flexibility index (Phi) is 7.33. The van der Waals surface area contributed by atoms with Gasteiger partial charge in [0.1, 0.15) is 11.5 Å². The summed E-state index contributed by atoms with van der Waals surface area (Å²) >= 11 is 13.0. The second-order valence-corrected chi connectivity index (χ2v) is 11.2. The van der Waals surface area contributed by atoms with Crippen molar-refractivity contribution in [3.05, 3.63) is 45.5 Å². The lowest BCUT2D eigenvalue weighted by molar-refractivity contribution is -0.145. The van der Waals surface area contributed by atoms with Crippen molar-refractivity contribution < 1.29 is 23.3 Å². The number of nitrogens with zero attached hydrogens (tertiary/aromatic N) is 4. The molecule has 6 rings (SSSR count). The zero-order chi connectivity index (χ0) is 26.2. The van der Waals surface area contributed by atoms with Gasteiger partial charge >= 0.3 is 5.97 Å². The third-order valence-electron chi connectivity index (χ3n) is 7.90. The zero-order valence-corrected chi connectivity index (χ0v) is 22.7. The number of esters is 1. The van der Waals surface area contributed by atoms with E-state index in [1.165, 1.54) is 7.11 Å². The van der Waals surface area contributed by atoms with Crippen molar-refractivity contribution in [1.82, 2.24) is 15.3 Å². The van der Waals surface area contributed by atoms with Gasteiger partial charge in [0.15, 0.2) is 0 Å². The van der Waals surface area contributed by atoms with Gasteiger partial charge in [-0.05, 0) is 62.2 Å². The summed E-state index contributed by atoms with van der Waals surface area (Å²) in [6.45, 7) is 1.93. The first-order chi connectivity index (χ1) is 18.5. The summed E-state index contributed by atoms with van der Waals surface area (Å²) in [6, 6.07) is 5.43. The lowest BCUT2D eigenvalue weighted by atomic mass is 10.0. The first kappa shape index (κ1) is 25.6. The molecule has 9 nitrogen and oxygen atoms in total. The molecule has 0 bridgehead atoms. The van der Waals surface area contributed by atoms with Crippen LogP contribution in [-0.4, -0.2) is 47.6 Å². The van der Waals surface area contributed by atoms with Crippen LogP contribution < -0.4 is 4.90 Å². The van der Waals surface area contributed by atoms with Crippen molar-refractivity contribution in [2.75, 3.05) is 25.1 Å². The minimum atomic E-state index is -0.160. The summed E-state index contributed by atoms with van der Waals surface area (Å²) in [7, 11) is 1.43. The maximum atomic E-state index is 11.8. The highest BCUT2D eigenvalue weighted by Crippen LogP contribution is 2.46. The number of hydrogen-bond acceptors (Lipinski definition) is 9. The summed E-state index contributed by atoms with van der Waals surface area (Å²) in [5.74, 6) is 2.33. The van der Waals surface area contributed by atoms with Gasteiger partial charge in [-0.1, -0.05) is 34.4 Å². The molecule has 2 atom stereocenters. The van der Waals surface area contributed by atoms with Crippen LogP contribution in [0.4, 0.5) is 5.95 Å². The number of anilines is 1. The Hall–Kier alpha value is -2.62. The van der Waals surface area contributed by atoms with Crippen LogP contribution in [0, 0.1) is 5.92 Å². The minimum absolute atomic E-state index is 0.0878. The largest absolute Gasteiger partial charge is 0.469 e. The van der Waals surface area contributed by atoms with Crippen LogP contribution in [0.1, 0.15) is 74.0 Å². The predicted octanol–water partition coefficient (Wildman–Crippen LogP) is 6.15. The van der Waals surface area contributed by atoms with Crippen molar-refractivity contribution >= 4 is 35.1 Å². The SMILES string of the molecule is COC(=O)[C@@H]1CC[C@@H](c2nc(N3CCC(OCc4c(-c5c(Cl)cccc5Cl)noc4C4CC4)CC3)no2)C1. The molecule has 202 valence electrons. The number of methoxy groups -OCH3 is 1. The van der Waals surface area contributed by atoms with E-state index in [0.717, 1.165) is 62.9 Å². The topological polar surface area (TPSA) is 104 Å². The highest BCUT2D eigenvalue weighted by atomic mass is 35.5. The van der Waals surface area contributed by atoms with Crippen LogP contribution in [0.5, 0.6) is 0 Å². The quantitative estimate of drug-likeness (QED) is 0.300. The van der Waals surface area contributed by atoms with Crippen LogP contribution in [0.15, 0.2) is 27.2 Å². The smallest absolute Gasteiger partial charge is 0.308 e. The Bertz CT molecular complexity index is 1280. The fourth-order valence-electron chi connectivity index (χ4n) is 5.58. The second kappa shape index (κ2) is 10.9. The van der Waals surface area contributed by atoms with Gasteiger partial charge in [0.25, 0.3) is 5.95 Å². The van der Waals surface area contributed by atoms with E-state index >= 15 is 0 Å². The van der Waals surface area contributed by atoms with Crippen molar-refractivity contribution in [1.29, 1.82) is 0 Å². The lowest BCUT2D eigenvalue weighted by Crippen LogP contribution is -2.37.